The van der Waals surface area contributed by atoms with Gasteiger partial charge in [-0.2, -0.15) is 0 Å². The van der Waals surface area contributed by atoms with Crippen LogP contribution in [0.5, 0.6) is 0 Å². The van der Waals surface area contributed by atoms with Gasteiger partial charge in [-0.15, -0.1) is 0 Å². The Balaban J connectivity index is 1.74. The molecule has 3 heteroatoms. The Morgan fingerprint density at radius 1 is 1.07 bits per heavy atom. The molecule has 5 rings (SSSR count). The van der Waals surface area contributed by atoms with Crippen LogP contribution in [0.3, 0.4) is 0 Å². The van der Waals surface area contributed by atoms with Crippen LogP contribution in [0.1, 0.15) is 57.1 Å². The molecule has 154 valence electrons. The second-order valence-corrected chi connectivity index (χ2v) is 8.86. The van der Waals surface area contributed by atoms with Gasteiger partial charge >= 0.3 is 5.97 Å². The predicted molar refractivity (Wildman–Crippen MR) is 121 cm³/mol. The van der Waals surface area contributed by atoms with Crippen molar-refractivity contribution in [2.24, 2.45) is 0 Å². The summed E-state index contributed by atoms with van der Waals surface area (Å²) in [5.41, 5.74) is 7.34. The van der Waals surface area contributed by atoms with E-state index in [0.717, 1.165) is 30.5 Å². The number of carbonyl (C=O) groups excluding carboxylic acids is 1. The monoisotopic (exact) mass is 399 g/mol. The Hall–Kier alpha value is -2.81. The third-order valence-corrected chi connectivity index (χ3v) is 6.95. The highest BCUT2D eigenvalue weighted by atomic mass is 16.5. The molecule has 2 aromatic carbocycles. The van der Waals surface area contributed by atoms with Crippen molar-refractivity contribution in [3.8, 4) is 0 Å². The first-order valence-electron chi connectivity index (χ1n) is 11.2. The third kappa shape index (κ3) is 2.91. The standard InChI is InChI=1S/C27H29NO2/c1-3-4-10-16-27(2)21-13-8-9-14-22(21)28-17-15-23-25(26(27)28)20(18-24(29)30-23)19-11-6-5-7-12-19/h5-9,11-14,18,23H,3-4,10,15-17H2,1-2H3. The lowest BCUT2D eigenvalue weighted by atomic mass is 9.72. The molecule has 0 aromatic heterocycles. The van der Waals surface area contributed by atoms with Gasteiger partial charge in [-0.1, -0.05) is 74.7 Å². The van der Waals surface area contributed by atoms with Gasteiger partial charge in [-0.3, -0.25) is 0 Å². The molecule has 0 saturated heterocycles. The molecule has 3 nitrogen and oxygen atoms in total. The lowest BCUT2D eigenvalue weighted by molar-refractivity contribution is -0.142. The zero-order valence-corrected chi connectivity index (χ0v) is 17.9. The Morgan fingerprint density at radius 3 is 2.63 bits per heavy atom. The zero-order chi connectivity index (χ0) is 20.7. The lowest BCUT2D eigenvalue weighted by Crippen LogP contribution is -2.42. The quantitative estimate of drug-likeness (QED) is 0.455. The second-order valence-electron chi connectivity index (χ2n) is 8.86. The number of esters is 1. The molecule has 3 aliphatic heterocycles. The molecule has 0 saturated carbocycles. The van der Waals surface area contributed by atoms with Gasteiger partial charge in [0.15, 0.2) is 0 Å². The summed E-state index contributed by atoms with van der Waals surface area (Å²) in [6, 6.07) is 19.2. The van der Waals surface area contributed by atoms with Crippen LogP contribution in [0, 0.1) is 0 Å². The lowest BCUT2D eigenvalue weighted by Gasteiger charge is -2.41. The molecule has 2 aromatic rings. The number of rotatable bonds is 5. The van der Waals surface area contributed by atoms with E-state index in [4.69, 9.17) is 4.74 Å². The molecule has 3 heterocycles. The van der Waals surface area contributed by atoms with Crippen LogP contribution < -0.4 is 4.90 Å². The fourth-order valence-corrected chi connectivity index (χ4v) is 5.57. The first-order chi connectivity index (χ1) is 14.6. The Labute approximate surface area is 179 Å². The van der Waals surface area contributed by atoms with Gasteiger partial charge in [0.2, 0.25) is 0 Å². The molecule has 0 radical (unpaired) electrons. The topological polar surface area (TPSA) is 29.5 Å². The van der Waals surface area contributed by atoms with Crippen LogP contribution >= 0.6 is 0 Å². The van der Waals surface area contributed by atoms with Crippen molar-refractivity contribution in [2.45, 2.75) is 57.5 Å². The highest BCUT2D eigenvalue weighted by Crippen LogP contribution is 2.56. The summed E-state index contributed by atoms with van der Waals surface area (Å²) in [6.45, 7) is 5.54. The summed E-state index contributed by atoms with van der Waals surface area (Å²) in [6.07, 6.45) is 7.12. The number of para-hydroxylation sites is 1. The van der Waals surface area contributed by atoms with E-state index in [2.05, 4.69) is 55.1 Å². The zero-order valence-electron chi connectivity index (χ0n) is 17.9. The van der Waals surface area contributed by atoms with E-state index in [9.17, 15) is 4.79 Å². The normalized spacial score (nSPS) is 24.7. The number of nitrogens with zero attached hydrogens (tertiary/aromatic N) is 1. The van der Waals surface area contributed by atoms with E-state index in [-0.39, 0.29) is 17.5 Å². The minimum absolute atomic E-state index is 0.0720. The Kier molecular flexibility index (Phi) is 4.77. The van der Waals surface area contributed by atoms with Gasteiger partial charge in [0.05, 0.1) is 0 Å². The van der Waals surface area contributed by atoms with Crippen molar-refractivity contribution < 1.29 is 9.53 Å². The second kappa shape index (κ2) is 7.46. The van der Waals surface area contributed by atoms with Crippen molar-refractivity contribution in [1.29, 1.82) is 0 Å². The number of anilines is 1. The maximum atomic E-state index is 12.4. The van der Waals surface area contributed by atoms with Crippen molar-refractivity contribution >= 4 is 17.2 Å². The summed E-state index contributed by atoms with van der Waals surface area (Å²) in [5.74, 6) is -0.222. The molecule has 3 aliphatic rings. The molecule has 0 spiro atoms. The first-order valence-corrected chi connectivity index (χ1v) is 11.2. The third-order valence-electron chi connectivity index (χ3n) is 6.95. The van der Waals surface area contributed by atoms with Gasteiger partial charge in [0.1, 0.15) is 6.10 Å². The van der Waals surface area contributed by atoms with Crippen LogP contribution in [0.25, 0.3) is 5.57 Å². The molecule has 0 bridgehead atoms. The highest BCUT2D eigenvalue weighted by molar-refractivity contribution is 6.00. The van der Waals surface area contributed by atoms with Crippen molar-refractivity contribution in [3.05, 3.63) is 83.1 Å². The molecular weight excluding hydrogens is 370 g/mol. The van der Waals surface area contributed by atoms with E-state index in [1.54, 1.807) is 6.08 Å². The number of hydrogen-bond donors (Lipinski definition) is 0. The van der Waals surface area contributed by atoms with Gasteiger partial charge in [0.25, 0.3) is 0 Å². The van der Waals surface area contributed by atoms with E-state index in [1.807, 2.05) is 18.2 Å². The summed E-state index contributed by atoms with van der Waals surface area (Å²) in [7, 11) is 0. The largest absolute Gasteiger partial charge is 0.454 e. The SMILES string of the molecule is CCCCCC1(C)C2=C3C(c4ccccc4)=CC(=O)OC3CCN2c2ccccc21. The molecule has 30 heavy (non-hydrogen) atoms. The molecule has 0 amide bonds. The summed E-state index contributed by atoms with van der Waals surface area (Å²) < 4.78 is 5.87. The number of hydrogen-bond acceptors (Lipinski definition) is 3. The average molecular weight is 400 g/mol. The van der Waals surface area contributed by atoms with Crippen LogP contribution in [0.2, 0.25) is 0 Å². The number of carbonyl (C=O) groups is 1. The summed E-state index contributed by atoms with van der Waals surface area (Å²) in [4.78, 5) is 15.0. The molecule has 2 unspecified atom stereocenters. The molecule has 0 fully saturated rings. The number of ether oxygens (including phenoxy) is 1. The van der Waals surface area contributed by atoms with Crippen molar-refractivity contribution in [1.82, 2.24) is 0 Å². The molecular formula is C27H29NO2. The maximum absolute atomic E-state index is 12.4. The summed E-state index contributed by atoms with van der Waals surface area (Å²) >= 11 is 0. The van der Waals surface area contributed by atoms with Crippen LogP contribution in [0.4, 0.5) is 5.69 Å². The highest BCUT2D eigenvalue weighted by Gasteiger charge is 2.49. The number of allylic oxidation sites excluding steroid dienone is 1. The fourth-order valence-electron chi connectivity index (χ4n) is 5.57. The van der Waals surface area contributed by atoms with E-state index < -0.39 is 0 Å². The van der Waals surface area contributed by atoms with Gasteiger partial charge < -0.3 is 9.64 Å². The van der Waals surface area contributed by atoms with Crippen LogP contribution in [-0.4, -0.2) is 18.6 Å². The predicted octanol–water partition coefficient (Wildman–Crippen LogP) is 6.01. The van der Waals surface area contributed by atoms with Crippen LogP contribution in [-0.2, 0) is 14.9 Å². The number of benzene rings is 2. The Morgan fingerprint density at radius 2 is 1.83 bits per heavy atom. The summed E-state index contributed by atoms with van der Waals surface area (Å²) in [5, 5.41) is 0. The van der Waals surface area contributed by atoms with Crippen LogP contribution in [0.15, 0.2) is 71.9 Å². The van der Waals surface area contributed by atoms with E-state index in [1.165, 1.54) is 41.8 Å². The smallest absolute Gasteiger partial charge is 0.332 e. The average Bonchev–Trinajstić information content (AvgIpc) is 3.03. The van der Waals surface area contributed by atoms with Crippen molar-refractivity contribution in [2.75, 3.05) is 11.4 Å². The van der Waals surface area contributed by atoms with Gasteiger partial charge in [-0.25, -0.2) is 4.79 Å². The minimum Gasteiger partial charge on any atom is -0.454 e. The molecule has 0 N–H and O–H groups in total. The van der Waals surface area contributed by atoms with Crippen molar-refractivity contribution in [3.63, 3.8) is 0 Å². The minimum atomic E-state index is -0.222. The fraction of sp³-hybridized carbons (Fsp3) is 0.370. The van der Waals surface area contributed by atoms with E-state index >= 15 is 0 Å². The first kappa shape index (κ1) is 19.2. The molecule has 2 atom stereocenters. The van der Waals surface area contributed by atoms with E-state index in [0.29, 0.717) is 0 Å². The Bertz CT molecular complexity index is 1040. The van der Waals surface area contributed by atoms with Gasteiger partial charge in [0, 0.05) is 41.4 Å². The maximum Gasteiger partial charge on any atom is 0.332 e. The van der Waals surface area contributed by atoms with Gasteiger partial charge in [-0.05, 0) is 36.1 Å². The molecule has 0 aliphatic carbocycles. The number of unbranched alkanes of at least 4 members (excludes halogenated alkanes) is 2. The number of fused-ring (bicyclic) bond motifs is 4.